The second-order valence-corrected chi connectivity index (χ2v) is 10.6. The summed E-state index contributed by atoms with van der Waals surface area (Å²) in [7, 11) is 1.20. The van der Waals surface area contributed by atoms with Gasteiger partial charge in [0.25, 0.3) is 0 Å². The molecular formula is C28H44N4O7. The Hall–Kier alpha value is -3.63. The van der Waals surface area contributed by atoms with Crippen LogP contribution in [0.5, 0.6) is 0 Å². The molecule has 11 heteroatoms. The molecule has 0 aliphatic heterocycles. The topological polar surface area (TPSA) is 157 Å². The summed E-state index contributed by atoms with van der Waals surface area (Å²) in [6, 6.07) is 2.97. The third-order valence-corrected chi connectivity index (χ3v) is 5.68. The van der Waals surface area contributed by atoms with Crippen LogP contribution in [0.4, 0.5) is 4.79 Å². The van der Waals surface area contributed by atoms with Crippen molar-refractivity contribution in [2.45, 2.75) is 91.3 Å². The highest BCUT2D eigenvalue weighted by Crippen LogP contribution is 2.26. The van der Waals surface area contributed by atoms with Crippen LogP contribution in [0.2, 0.25) is 0 Å². The molecule has 1 aromatic carbocycles. The quantitative estimate of drug-likeness (QED) is 0.238. The second kappa shape index (κ2) is 15.7. The van der Waals surface area contributed by atoms with E-state index >= 15 is 0 Å². The number of rotatable bonds is 14. The van der Waals surface area contributed by atoms with E-state index < -0.39 is 60.4 Å². The summed E-state index contributed by atoms with van der Waals surface area (Å²) in [6.45, 7) is 10.6. The van der Waals surface area contributed by atoms with Gasteiger partial charge in [0, 0.05) is 6.54 Å². The molecule has 2 atom stereocenters. The van der Waals surface area contributed by atoms with Gasteiger partial charge in [-0.3, -0.25) is 19.2 Å². The molecule has 0 heterocycles. The number of benzene rings is 1. The Balaban J connectivity index is 3.57. The third-order valence-electron chi connectivity index (χ3n) is 5.68. The van der Waals surface area contributed by atoms with Crippen LogP contribution in [0, 0.1) is 13.8 Å². The highest BCUT2D eigenvalue weighted by atomic mass is 16.6. The summed E-state index contributed by atoms with van der Waals surface area (Å²) in [4.78, 5) is 65.1. The zero-order chi connectivity index (χ0) is 29.8. The van der Waals surface area contributed by atoms with E-state index in [4.69, 9.17) is 10.5 Å². The summed E-state index contributed by atoms with van der Waals surface area (Å²) in [5.41, 5.74) is 6.84. The van der Waals surface area contributed by atoms with Crippen molar-refractivity contribution in [1.29, 1.82) is 0 Å². The van der Waals surface area contributed by atoms with Crippen LogP contribution in [0.15, 0.2) is 18.2 Å². The van der Waals surface area contributed by atoms with Crippen molar-refractivity contribution in [3.05, 3.63) is 34.9 Å². The van der Waals surface area contributed by atoms with Crippen LogP contribution in [0.3, 0.4) is 0 Å². The lowest BCUT2D eigenvalue weighted by Gasteiger charge is -2.34. The number of carbonyl (C=O) groups is 5. The maximum atomic E-state index is 14.0. The minimum Gasteiger partial charge on any atom is -0.468 e. The van der Waals surface area contributed by atoms with Gasteiger partial charge in [-0.2, -0.15) is 0 Å². The fourth-order valence-electron chi connectivity index (χ4n) is 4.10. The third kappa shape index (κ3) is 12.2. The standard InChI is InChI=1S/C28H44N4O7/c1-8-9-10-11-12-32(26(36)21(16-22(29)33)31-27(37)39-28(4,5)6)24(25(35)30-17-23(34)38-7)20-14-18(2)13-19(3)15-20/h13-15,21,24H,8-12,16-17H2,1-7H3,(H2,29,33)(H,30,35)(H,31,37). The van der Waals surface area contributed by atoms with Gasteiger partial charge in [0.1, 0.15) is 24.2 Å². The number of aryl methyl sites for hydroxylation is 2. The van der Waals surface area contributed by atoms with Gasteiger partial charge in [-0.25, -0.2) is 4.79 Å². The number of alkyl carbamates (subject to hydrolysis) is 1. The molecule has 0 bridgehead atoms. The number of primary amides is 1. The summed E-state index contributed by atoms with van der Waals surface area (Å²) in [5, 5.41) is 5.00. The van der Waals surface area contributed by atoms with Crippen LogP contribution in [-0.4, -0.2) is 66.5 Å². The van der Waals surface area contributed by atoms with Gasteiger partial charge in [-0.15, -0.1) is 0 Å². The van der Waals surface area contributed by atoms with Crippen LogP contribution in [-0.2, 0) is 28.7 Å². The Morgan fingerprint density at radius 2 is 1.62 bits per heavy atom. The molecule has 0 fully saturated rings. The first-order valence-corrected chi connectivity index (χ1v) is 13.2. The zero-order valence-corrected chi connectivity index (χ0v) is 24.2. The van der Waals surface area contributed by atoms with E-state index in [2.05, 4.69) is 22.3 Å². The lowest BCUT2D eigenvalue weighted by atomic mass is 9.97. The summed E-state index contributed by atoms with van der Waals surface area (Å²) in [6.07, 6.45) is 1.85. The number of unbranched alkanes of at least 4 members (excludes halogenated alkanes) is 3. The van der Waals surface area contributed by atoms with Crippen molar-refractivity contribution in [2.75, 3.05) is 20.2 Å². The van der Waals surface area contributed by atoms with Gasteiger partial charge in [0.15, 0.2) is 0 Å². The maximum Gasteiger partial charge on any atom is 0.408 e. The fraction of sp³-hybridized carbons (Fsp3) is 0.607. The average Bonchev–Trinajstić information content (AvgIpc) is 2.81. The minimum absolute atomic E-state index is 0.160. The molecule has 218 valence electrons. The minimum atomic E-state index is -1.37. The first-order chi connectivity index (χ1) is 18.2. The number of ether oxygens (including phenoxy) is 2. The van der Waals surface area contributed by atoms with Gasteiger partial charge in [-0.1, -0.05) is 55.5 Å². The lowest BCUT2D eigenvalue weighted by Crippen LogP contribution is -2.54. The molecule has 0 spiro atoms. The Kier molecular flexibility index (Phi) is 13.4. The molecule has 0 saturated heterocycles. The second-order valence-electron chi connectivity index (χ2n) is 10.6. The molecule has 0 aliphatic rings. The van der Waals surface area contributed by atoms with Crippen molar-refractivity contribution >= 4 is 29.8 Å². The number of carbonyl (C=O) groups excluding carboxylic acids is 5. The highest BCUT2D eigenvalue weighted by molar-refractivity contribution is 5.95. The first kappa shape index (κ1) is 33.4. The largest absolute Gasteiger partial charge is 0.468 e. The Bertz CT molecular complexity index is 999. The Morgan fingerprint density at radius 1 is 1.00 bits per heavy atom. The van der Waals surface area contributed by atoms with Gasteiger partial charge in [-0.05, 0) is 46.6 Å². The fourth-order valence-corrected chi connectivity index (χ4v) is 4.10. The first-order valence-electron chi connectivity index (χ1n) is 13.2. The molecule has 0 radical (unpaired) electrons. The van der Waals surface area contributed by atoms with Gasteiger partial charge in [0.05, 0.1) is 13.5 Å². The van der Waals surface area contributed by atoms with E-state index in [0.717, 1.165) is 30.4 Å². The van der Waals surface area contributed by atoms with Crippen LogP contribution < -0.4 is 16.4 Å². The number of nitrogens with zero attached hydrogens (tertiary/aromatic N) is 1. The number of nitrogens with two attached hydrogens (primary N) is 1. The van der Waals surface area contributed by atoms with Crippen molar-refractivity contribution in [2.24, 2.45) is 5.73 Å². The van der Waals surface area contributed by atoms with Crippen LogP contribution >= 0.6 is 0 Å². The number of amides is 4. The van der Waals surface area contributed by atoms with E-state index in [1.165, 1.54) is 12.0 Å². The van der Waals surface area contributed by atoms with Crippen molar-refractivity contribution in [3.63, 3.8) is 0 Å². The van der Waals surface area contributed by atoms with Crippen LogP contribution in [0.1, 0.15) is 82.5 Å². The zero-order valence-electron chi connectivity index (χ0n) is 24.2. The van der Waals surface area contributed by atoms with Crippen molar-refractivity contribution < 1.29 is 33.4 Å². The predicted octanol–water partition coefficient (Wildman–Crippen LogP) is 2.81. The Labute approximate surface area is 231 Å². The van der Waals surface area contributed by atoms with E-state index in [9.17, 15) is 24.0 Å². The summed E-state index contributed by atoms with van der Waals surface area (Å²) >= 11 is 0. The van der Waals surface area contributed by atoms with Crippen molar-refractivity contribution in [3.8, 4) is 0 Å². The predicted molar refractivity (Wildman–Crippen MR) is 147 cm³/mol. The van der Waals surface area contributed by atoms with Gasteiger partial charge < -0.3 is 30.7 Å². The molecule has 2 unspecified atom stereocenters. The molecule has 0 saturated carbocycles. The number of hydrogen-bond acceptors (Lipinski definition) is 7. The smallest absolute Gasteiger partial charge is 0.408 e. The normalized spacial score (nSPS) is 12.6. The molecule has 4 N–H and O–H groups in total. The van der Waals surface area contributed by atoms with E-state index in [1.807, 2.05) is 19.9 Å². The summed E-state index contributed by atoms with van der Waals surface area (Å²) < 4.78 is 9.93. The number of hydrogen-bond donors (Lipinski definition) is 3. The summed E-state index contributed by atoms with van der Waals surface area (Å²) in [5.74, 6) is -2.74. The highest BCUT2D eigenvalue weighted by Gasteiger charge is 2.37. The van der Waals surface area contributed by atoms with E-state index in [-0.39, 0.29) is 6.54 Å². The molecule has 1 rings (SSSR count). The molecule has 11 nitrogen and oxygen atoms in total. The molecular weight excluding hydrogens is 504 g/mol. The van der Waals surface area contributed by atoms with Crippen LogP contribution in [0.25, 0.3) is 0 Å². The van der Waals surface area contributed by atoms with Gasteiger partial charge in [0.2, 0.25) is 17.7 Å². The van der Waals surface area contributed by atoms with Crippen molar-refractivity contribution in [1.82, 2.24) is 15.5 Å². The van der Waals surface area contributed by atoms with E-state index in [0.29, 0.717) is 12.0 Å². The molecule has 39 heavy (non-hydrogen) atoms. The van der Waals surface area contributed by atoms with Gasteiger partial charge >= 0.3 is 12.1 Å². The monoisotopic (exact) mass is 548 g/mol. The Morgan fingerprint density at radius 3 is 2.13 bits per heavy atom. The molecule has 4 amide bonds. The SMILES string of the molecule is CCCCCCN(C(=O)C(CC(N)=O)NC(=O)OC(C)(C)C)C(C(=O)NCC(=O)OC)c1cc(C)cc(C)c1. The number of methoxy groups -OCH3 is 1. The molecule has 1 aromatic rings. The molecule has 0 aliphatic carbocycles. The lowest BCUT2D eigenvalue weighted by molar-refractivity contribution is -0.145. The number of esters is 1. The average molecular weight is 549 g/mol. The maximum absolute atomic E-state index is 14.0. The molecule has 0 aromatic heterocycles. The number of nitrogens with one attached hydrogen (secondary N) is 2. The van der Waals surface area contributed by atoms with E-state index in [1.54, 1.807) is 32.9 Å².